The lowest BCUT2D eigenvalue weighted by Gasteiger charge is -2.34. The topological polar surface area (TPSA) is 47.0 Å². The van der Waals surface area contributed by atoms with Gasteiger partial charge in [-0.2, -0.15) is 0 Å². The van der Waals surface area contributed by atoms with Gasteiger partial charge in [-0.25, -0.2) is 13.4 Å². The number of pyridine rings is 1. The zero-order valence-corrected chi connectivity index (χ0v) is 15.4. The van der Waals surface area contributed by atoms with Gasteiger partial charge in [0.05, 0.1) is 4.90 Å². The normalized spacial score (nSPS) is 18.6. The molecule has 3 nitrogen and oxygen atoms in total. The lowest BCUT2D eigenvalue weighted by Crippen LogP contribution is -2.22. The minimum Gasteiger partial charge on any atom is -0.244 e. The maximum atomic E-state index is 11.7. The van der Waals surface area contributed by atoms with E-state index in [1.165, 1.54) is 12.7 Å². The molecule has 1 heterocycles. The molecule has 2 aliphatic carbocycles. The minimum atomic E-state index is -3.19. The molecule has 5 heteroatoms. The number of nitrogens with zero attached hydrogens (tertiary/aromatic N) is 1. The van der Waals surface area contributed by atoms with Gasteiger partial charge in [0.25, 0.3) is 0 Å². The molecule has 0 aliphatic heterocycles. The fraction of sp³-hybridized carbons (Fsp3) is 0.250. The molecular weight excluding hydrogens is 354 g/mol. The van der Waals surface area contributed by atoms with Crippen molar-refractivity contribution in [1.82, 2.24) is 4.98 Å². The van der Waals surface area contributed by atoms with E-state index >= 15 is 0 Å². The molecule has 0 saturated heterocycles. The van der Waals surface area contributed by atoms with Crippen LogP contribution >= 0.6 is 11.6 Å². The van der Waals surface area contributed by atoms with Crippen molar-refractivity contribution in [3.8, 4) is 0 Å². The molecule has 2 aromatic rings. The zero-order valence-electron chi connectivity index (χ0n) is 13.9. The molecule has 2 aliphatic rings. The summed E-state index contributed by atoms with van der Waals surface area (Å²) in [5.74, 6) is 0. The number of sulfone groups is 1. The molecule has 1 aromatic carbocycles. The first-order chi connectivity index (χ1) is 11.9. The average Bonchev–Trinajstić information content (AvgIpc) is 2.96. The van der Waals surface area contributed by atoms with Gasteiger partial charge in [-0.3, -0.25) is 0 Å². The third kappa shape index (κ3) is 3.05. The third-order valence-corrected chi connectivity index (χ3v) is 6.42. The van der Waals surface area contributed by atoms with Crippen LogP contribution in [0.3, 0.4) is 0 Å². The Labute approximate surface area is 153 Å². The predicted molar refractivity (Wildman–Crippen MR) is 101 cm³/mol. The Morgan fingerprint density at radius 2 is 1.56 bits per heavy atom. The lowest BCUT2D eigenvalue weighted by molar-refractivity contribution is 0.282. The Morgan fingerprint density at radius 1 is 0.960 bits per heavy atom. The highest BCUT2D eigenvalue weighted by atomic mass is 35.5. The molecule has 1 aromatic heterocycles. The van der Waals surface area contributed by atoms with Crippen molar-refractivity contribution in [2.45, 2.75) is 24.2 Å². The second-order valence-corrected chi connectivity index (χ2v) is 9.27. The van der Waals surface area contributed by atoms with Crippen LogP contribution in [0.15, 0.2) is 59.6 Å². The molecule has 4 rings (SSSR count). The van der Waals surface area contributed by atoms with Gasteiger partial charge in [-0.1, -0.05) is 42.3 Å². The average molecular weight is 372 g/mol. The number of hydrogen-bond donors (Lipinski definition) is 0. The van der Waals surface area contributed by atoms with E-state index in [1.54, 1.807) is 24.4 Å². The molecule has 1 fully saturated rings. The van der Waals surface area contributed by atoms with Crippen molar-refractivity contribution < 1.29 is 8.42 Å². The predicted octanol–water partition coefficient (Wildman–Crippen LogP) is 4.79. The maximum absolute atomic E-state index is 11.7. The summed E-state index contributed by atoms with van der Waals surface area (Å²) in [4.78, 5) is 4.55. The van der Waals surface area contributed by atoms with E-state index < -0.39 is 9.84 Å². The summed E-state index contributed by atoms with van der Waals surface area (Å²) in [6.07, 6.45) is 11.2. The van der Waals surface area contributed by atoms with Gasteiger partial charge in [-0.05, 0) is 53.8 Å². The molecule has 0 bridgehead atoms. The van der Waals surface area contributed by atoms with E-state index in [0.29, 0.717) is 10.0 Å². The third-order valence-electron chi connectivity index (χ3n) is 5.07. The molecule has 128 valence electrons. The number of halogens is 1. The van der Waals surface area contributed by atoms with Crippen LogP contribution in [0.2, 0.25) is 5.15 Å². The van der Waals surface area contributed by atoms with Crippen LogP contribution in [-0.4, -0.2) is 19.7 Å². The highest BCUT2D eigenvalue weighted by molar-refractivity contribution is 7.90. The summed E-state index contributed by atoms with van der Waals surface area (Å²) >= 11 is 5.92. The van der Waals surface area contributed by atoms with E-state index in [0.717, 1.165) is 35.1 Å². The van der Waals surface area contributed by atoms with Gasteiger partial charge in [0.15, 0.2) is 9.84 Å². The zero-order chi connectivity index (χ0) is 17.7. The first-order valence-corrected chi connectivity index (χ1v) is 10.5. The largest absolute Gasteiger partial charge is 0.244 e. The monoisotopic (exact) mass is 371 g/mol. The molecule has 1 saturated carbocycles. The molecule has 0 radical (unpaired) electrons. The number of benzene rings is 1. The van der Waals surface area contributed by atoms with Gasteiger partial charge in [0.2, 0.25) is 0 Å². The number of hydrogen-bond acceptors (Lipinski definition) is 3. The molecular formula is C20H18ClNO2S. The van der Waals surface area contributed by atoms with Crippen molar-refractivity contribution in [2.24, 2.45) is 5.41 Å². The molecule has 25 heavy (non-hydrogen) atoms. The van der Waals surface area contributed by atoms with Gasteiger partial charge >= 0.3 is 0 Å². The Hall–Kier alpha value is -1.91. The van der Waals surface area contributed by atoms with E-state index in [2.05, 4.69) is 17.1 Å². The summed E-state index contributed by atoms with van der Waals surface area (Å²) in [7, 11) is -3.19. The highest BCUT2D eigenvalue weighted by Gasteiger charge is 2.38. The van der Waals surface area contributed by atoms with E-state index in [1.807, 2.05) is 18.2 Å². The van der Waals surface area contributed by atoms with E-state index in [4.69, 9.17) is 11.6 Å². The van der Waals surface area contributed by atoms with E-state index in [-0.39, 0.29) is 5.41 Å². The second kappa shape index (κ2) is 5.82. The van der Waals surface area contributed by atoms with Crippen LogP contribution in [0.4, 0.5) is 0 Å². The first kappa shape index (κ1) is 16.6. The van der Waals surface area contributed by atoms with Gasteiger partial charge in [0.1, 0.15) is 5.15 Å². The van der Waals surface area contributed by atoms with Crippen LogP contribution in [-0.2, 0) is 9.84 Å². The van der Waals surface area contributed by atoms with Gasteiger partial charge in [0, 0.05) is 23.4 Å². The molecule has 0 N–H and O–H groups in total. The van der Waals surface area contributed by atoms with Crippen LogP contribution in [0.25, 0.3) is 11.1 Å². The van der Waals surface area contributed by atoms with Gasteiger partial charge in [-0.15, -0.1) is 0 Å². The van der Waals surface area contributed by atoms with Crippen LogP contribution in [0.5, 0.6) is 0 Å². The summed E-state index contributed by atoms with van der Waals surface area (Å²) in [5.41, 5.74) is 4.49. The molecule has 0 unspecified atom stereocenters. The Balaban J connectivity index is 1.77. The minimum absolute atomic E-state index is 0.139. The number of allylic oxidation sites excluding steroid dienone is 4. The lowest BCUT2D eigenvalue weighted by atomic mass is 9.70. The van der Waals surface area contributed by atoms with Gasteiger partial charge < -0.3 is 0 Å². The standard InChI is InChI=1S/C20H18ClNO2S/c1-25(23,24)16-6-3-14(4-7-16)17-11-20(9-2-10-20)12-18(17)15-5-8-19(21)22-13-15/h3-8,11-13H,2,9-10H2,1H3. The highest BCUT2D eigenvalue weighted by Crippen LogP contribution is 2.53. The fourth-order valence-electron chi connectivity index (χ4n) is 3.54. The summed E-state index contributed by atoms with van der Waals surface area (Å²) in [6.45, 7) is 0. The number of rotatable bonds is 3. The van der Waals surface area contributed by atoms with Crippen LogP contribution in [0, 0.1) is 5.41 Å². The van der Waals surface area contributed by atoms with Crippen molar-refractivity contribution in [1.29, 1.82) is 0 Å². The Morgan fingerprint density at radius 3 is 2.04 bits per heavy atom. The van der Waals surface area contributed by atoms with Crippen molar-refractivity contribution in [3.63, 3.8) is 0 Å². The van der Waals surface area contributed by atoms with Crippen molar-refractivity contribution >= 4 is 32.6 Å². The summed E-state index contributed by atoms with van der Waals surface area (Å²) in [5, 5.41) is 0.476. The molecule has 0 atom stereocenters. The first-order valence-electron chi connectivity index (χ1n) is 8.25. The molecule has 1 spiro atoms. The number of aromatic nitrogens is 1. The van der Waals surface area contributed by atoms with Crippen molar-refractivity contribution in [3.05, 3.63) is 71.0 Å². The maximum Gasteiger partial charge on any atom is 0.175 e. The SMILES string of the molecule is CS(=O)(=O)c1ccc(C2=CC3(C=C2c2ccc(Cl)nc2)CCC3)cc1. The van der Waals surface area contributed by atoms with Crippen LogP contribution in [0.1, 0.15) is 30.4 Å². The molecule has 0 amide bonds. The van der Waals surface area contributed by atoms with Crippen molar-refractivity contribution in [2.75, 3.05) is 6.26 Å². The Kier molecular flexibility index (Phi) is 3.85. The quantitative estimate of drug-likeness (QED) is 0.729. The van der Waals surface area contributed by atoms with E-state index in [9.17, 15) is 8.42 Å². The summed E-state index contributed by atoms with van der Waals surface area (Å²) < 4.78 is 23.4. The van der Waals surface area contributed by atoms with Crippen LogP contribution < -0.4 is 0 Å². The second-order valence-electron chi connectivity index (χ2n) is 6.87. The smallest absolute Gasteiger partial charge is 0.175 e. The fourth-order valence-corrected chi connectivity index (χ4v) is 4.28. The summed E-state index contributed by atoms with van der Waals surface area (Å²) in [6, 6.07) is 10.9. The Bertz CT molecular complexity index is 983.